The summed E-state index contributed by atoms with van der Waals surface area (Å²) in [6.45, 7) is 1.97. The number of amides is 2. The summed E-state index contributed by atoms with van der Waals surface area (Å²) in [5.41, 5.74) is 0.864. The second kappa shape index (κ2) is 7.83. The van der Waals surface area contributed by atoms with Crippen molar-refractivity contribution >= 4 is 17.7 Å². The summed E-state index contributed by atoms with van der Waals surface area (Å²) in [6, 6.07) is 5.61. The highest BCUT2D eigenvalue weighted by Crippen LogP contribution is 2.11. The molecule has 0 spiro atoms. The Balaban J connectivity index is 2.43. The molecule has 1 aromatic rings. The number of carboxylic acids is 1. The predicted octanol–water partition coefficient (Wildman–Crippen LogP) is 1.25. The second-order valence-electron chi connectivity index (χ2n) is 4.31. The third-order valence-electron chi connectivity index (χ3n) is 2.83. The summed E-state index contributed by atoms with van der Waals surface area (Å²) in [5.74, 6) is -1.07. The number of nitro benzene ring substituents is 1. The van der Waals surface area contributed by atoms with E-state index < -0.39 is 16.9 Å². The number of nitrogens with one attached hydrogen (secondary N) is 1. The van der Waals surface area contributed by atoms with E-state index in [1.807, 2.05) is 0 Å². The molecular weight excluding hydrogens is 278 g/mol. The van der Waals surface area contributed by atoms with Crippen molar-refractivity contribution in [2.45, 2.75) is 13.3 Å². The first-order valence-corrected chi connectivity index (χ1v) is 6.42. The average Bonchev–Trinajstić information content (AvgIpc) is 2.44. The molecule has 2 N–H and O–H groups in total. The van der Waals surface area contributed by atoms with Gasteiger partial charge in [-0.3, -0.25) is 14.9 Å². The molecule has 0 aliphatic rings. The van der Waals surface area contributed by atoms with Crippen molar-refractivity contribution in [2.24, 2.45) is 0 Å². The van der Waals surface area contributed by atoms with E-state index in [-0.39, 0.29) is 12.2 Å². The van der Waals surface area contributed by atoms with Gasteiger partial charge < -0.3 is 15.3 Å². The van der Waals surface area contributed by atoms with Crippen LogP contribution in [0, 0.1) is 10.1 Å². The number of benzene rings is 1. The molecule has 0 atom stereocenters. The summed E-state index contributed by atoms with van der Waals surface area (Å²) in [7, 11) is 0. The fourth-order valence-corrected chi connectivity index (χ4v) is 1.70. The molecule has 0 unspecified atom stereocenters. The number of nitro groups is 1. The number of likely N-dealkylation sites (N-methyl/N-ethyl adjacent to an activating group) is 1. The lowest BCUT2D eigenvalue weighted by atomic mass is 10.1. The molecule has 1 rings (SSSR count). The van der Waals surface area contributed by atoms with Crippen LogP contribution in [0.2, 0.25) is 0 Å². The van der Waals surface area contributed by atoms with E-state index in [0.29, 0.717) is 19.5 Å². The van der Waals surface area contributed by atoms with Crippen LogP contribution >= 0.6 is 0 Å². The lowest BCUT2D eigenvalue weighted by Gasteiger charge is -2.19. The van der Waals surface area contributed by atoms with Crippen LogP contribution < -0.4 is 5.32 Å². The average molecular weight is 295 g/mol. The third kappa shape index (κ3) is 5.47. The molecule has 21 heavy (non-hydrogen) atoms. The first kappa shape index (κ1) is 16.4. The van der Waals surface area contributed by atoms with Crippen molar-refractivity contribution in [1.82, 2.24) is 10.2 Å². The molecule has 0 heterocycles. The third-order valence-corrected chi connectivity index (χ3v) is 2.83. The van der Waals surface area contributed by atoms with Crippen molar-refractivity contribution in [3.8, 4) is 0 Å². The molecule has 0 saturated heterocycles. The number of aliphatic carboxylic acids is 1. The van der Waals surface area contributed by atoms with Gasteiger partial charge >= 0.3 is 12.0 Å². The van der Waals surface area contributed by atoms with Gasteiger partial charge in [0.15, 0.2) is 0 Å². The minimum absolute atomic E-state index is 0.0152. The van der Waals surface area contributed by atoms with Crippen LogP contribution in [0.25, 0.3) is 0 Å². The molecule has 0 aromatic heterocycles. The van der Waals surface area contributed by atoms with Crippen LogP contribution in [0.4, 0.5) is 10.5 Å². The number of nitrogens with zero attached hydrogens (tertiary/aromatic N) is 2. The Labute approximate surface area is 121 Å². The first-order chi connectivity index (χ1) is 9.93. The lowest BCUT2D eigenvalue weighted by molar-refractivity contribution is -0.384. The smallest absolute Gasteiger partial charge is 0.323 e. The van der Waals surface area contributed by atoms with Gasteiger partial charge in [0.2, 0.25) is 0 Å². The highest BCUT2D eigenvalue weighted by Gasteiger charge is 2.14. The fraction of sp³-hybridized carbons (Fsp3) is 0.385. The minimum atomic E-state index is -1.07. The molecule has 1 aromatic carbocycles. The molecule has 0 radical (unpaired) electrons. The van der Waals surface area contributed by atoms with E-state index in [1.54, 1.807) is 19.1 Å². The van der Waals surface area contributed by atoms with Crippen molar-refractivity contribution in [3.05, 3.63) is 39.9 Å². The molecule has 0 saturated carbocycles. The Bertz CT molecular complexity index is 515. The number of carbonyl (C=O) groups excluding carboxylic acids is 1. The number of hydrogen-bond donors (Lipinski definition) is 2. The van der Waals surface area contributed by atoms with E-state index in [1.165, 1.54) is 17.0 Å². The zero-order valence-electron chi connectivity index (χ0n) is 11.6. The fourth-order valence-electron chi connectivity index (χ4n) is 1.70. The normalized spacial score (nSPS) is 9.95. The maximum Gasteiger partial charge on any atom is 0.323 e. The maximum atomic E-state index is 11.7. The summed E-state index contributed by atoms with van der Waals surface area (Å²) in [5, 5.41) is 21.8. The summed E-state index contributed by atoms with van der Waals surface area (Å²) >= 11 is 0. The van der Waals surface area contributed by atoms with E-state index in [2.05, 4.69) is 5.32 Å². The zero-order valence-corrected chi connectivity index (χ0v) is 11.6. The molecule has 2 amide bonds. The Morgan fingerprint density at radius 1 is 1.33 bits per heavy atom. The molecular formula is C13H17N3O5. The summed E-state index contributed by atoms with van der Waals surface area (Å²) in [6.07, 6.45) is 0.508. The standard InChI is InChI=1S/C13H17N3O5/c1-2-15(9-12(17)18)13(19)14-8-7-10-3-5-11(6-4-10)16(20)21/h3-6H,2,7-9H2,1H3,(H,14,19)(H,17,18). The van der Waals surface area contributed by atoms with Crippen LogP contribution in [-0.2, 0) is 11.2 Å². The topological polar surface area (TPSA) is 113 Å². The summed E-state index contributed by atoms with van der Waals surface area (Å²) in [4.78, 5) is 33.5. The summed E-state index contributed by atoms with van der Waals surface area (Å²) < 4.78 is 0. The largest absolute Gasteiger partial charge is 0.480 e. The number of rotatable bonds is 7. The van der Waals surface area contributed by atoms with Gasteiger partial charge in [0.05, 0.1) is 4.92 Å². The number of urea groups is 1. The molecule has 114 valence electrons. The number of hydrogen-bond acceptors (Lipinski definition) is 4. The Hall–Kier alpha value is -2.64. The molecule has 0 aliphatic carbocycles. The quantitative estimate of drug-likeness (QED) is 0.580. The van der Waals surface area contributed by atoms with Gasteiger partial charge in [-0.1, -0.05) is 12.1 Å². The van der Waals surface area contributed by atoms with Crippen LogP contribution in [0.5, 0.6) is 0 Å². The Morgan fingerprint density at radius 2 is 1.95 bits per heavy atom. The van der Waals surface area contributed by atoms with Gasteiger partial charge in [0.25, 0.3) is 5.69 Å². The van der Waals surface area contributed by atoms with Crippen LogP contribution in [0.1, 0.15) is 12.5 Å². The second-order valence-corrected chi connectivity index (χ2v) is 4.31. The van der Waals surface area contributed by atoms with Crippen molar-refractivity contribution in [3.63, 3.8) is 0 Å². The predicted molar refractivity (Wildman–Crippen MR) is 75.1 cm³/mol. The first-order valence-electron chi connectivity index (χ1n) is 6.42. The SMILES string of the molecule is CCN(CC(=O)O)C(=O)NCCc1ccc([N+](=O)[O-])cc1. The van der Waals surface area contributed by atoms with Crippen molar-refractivity contribution in [2.75, 3.05) is 19.6 Å². The van der Waals surface area contributed by atoms with Crippen molar-refractivity contribution in [1.29, 1.82) is 0 Å². The number of carbonyl (C=O) groups is 2. The highest BCUT2D eigenvalue weighted by atomic mass is 16.6. The highest BCUT2D eigenvalue weighted by molar-refractivity contribution is 5.80. The van der Waals surface area contributed by atoms with E-state index in [0.717, 1.165) is 5.56 Å². The van der Waals surface area contributed by atoms with Crippen molar-refractivity contribution < 1.29 is 19.6 Å². The van der Waals surface area contributed by atoms with Crippen LogP contribution in [-0.4, -0.2) is 46.6 Å². The monoisotopic (exact) mass is 295 g/mol. The van der Waals surface area contributed by atoms with Crippen LogP contribution in [0.15, 0.2) is 24.3 Å². The lowest BCUT2D eigenvalue weighted by Crippen LogP contribution is -2.43. The van der Waals surface area contributed by atoms with Gasteiger partial charge in [-0.15, -0.1) is 0 Å². The zero-order chi connectivity index (χ0) is 15.8. The molecule has 0 fully saturated rings. The van der Waals surface area contributed by atoms with E-state index in [4.69, 9.17) is 5.11 Å². The Kier molecular flexibility index (Phi) is 6.12. The Morgan fingerprint density at radius 3 is 2.43 bits per heavy atom. The van der Waals surface area contributed by atoms with Crippen LogP contribution in [0.3, 0.4) is 0 Å². The number of non-ortho nitro benzene ring substituents is 1. The van der Waals surface area contributed by atoms with Gasteiger partial charge in [0.1, 0.15) is 6.54 Å². The van der Waals surface area contributed by atoms with Gasteiger partial charge in [-0.25, -0.2) is 4.79 Å². The van der Waals surface area contributed by atoms with E-state index >= 15 is 0 Å². The molecule has 8 nitrogen and oxygen atoms in total. The van der Waals surface area contributed by atoms with Gasteiger partial charge in [-0.05, 0) is 18.9 Å². The minimum Gasteiger partial charge on any atom is -0.480 e. The van der Waals surface area contributed by atoms with E-state index in [9.17, 15) is 19.7 Å². The number of carboxylic acid groups (broad SMARTS) is 1. The van der Waals surface area contributed by atoms with Gasteiger partial charge in [-0.2, -0.15) is 0 Å². The maximum absolute atomic E-state index is 11.7. The molecule has 0 aliphatic heterocycles. The molecule has 0 bridgehead atoms. The molecule has 8 heteroatoms. The van der Waals surface area contributed by atoms with Gasteiger partial charge in [0, 0.05) is 25.2 Å².